The number of sulfonamides is 1. The maximum atomic E-state index is 12.8. The number of hydrogen-bond acceptors (Lipinski definition) is 4. The van der Waals surface area contributed by atoms with Gasteiger partial charge in [0.1, 0.15) is 0 Å². The van der Waals surface area contributed by atoms with E-state index >= 15 is 0 Å². The first-order chi connectivity index (χ1) is 13.3. The summed E-state index contributed by atoms with van der Waals surface area (Å²) in [6.45, 7) is 0. The van der Waals surface area contributed by atoms with E-state index in [-0.39, 0.29) is 10.8 Å². The lowest BCUT2D eigenvalue weighted by Crippen LogP contribution is -2.23. The molecule has 1 aliphatic carbocycles. The molecule has 0 heterocycles. The van der Waals surface area contributed by atoms with E-state index in [4.69, 9.17) is 0 Å². The minimum Gasteiger partial charge on any atom is -0.321 e. The monoisotopic (exact) mass is 482 g/mol. The minimum atomic E-state index is -3.66. The van der Waals surface area contributed by atoms with E-state index in [0.717, 1.165) is 14.9 Å². The van der Waals surface area contributed by atoms with Crippen molar-refractivity contribution in [2.45, 2.75) is 40.7 Å². The highest BCUT2D eigenvalue weighted by molar-refractivity contribution is 9.10. The summed E-state index contributed by atoms with van der Waals surface area (Å²) in [6.07, 6.45) is 4.92. The molecule has 1 N–H and O–H groups in total. The van der Waals surface area contributed by atoms with Crippen LogP contribution in [-0.2, 0) is 10.0 Å². The van der Waals surface area contributed by atoms with Gasteiger partial charge in [0.15, 0.2) is 0 Å². The van der Waals surface area contributed by atoms with Gasteiger partial charge in [-0.2, -0.15) is 0 Å². The zero-order valence-electron chi connectivity index (χ0n) is 15.8. The summed E-state index contributed by atoms with van der Waals surface area (Å²) in [5.41, 5.74) is 1.05. The van der Waals surface area contributed by atoms with Crippen molar-refractivity contribution < 1.29 is 13.2 Å². The maximum absolute atomic E-state index is 12.8. The molecule has 0 saturated heterocycles. The number of benzene rings is 2. The van der Waals surface area contributed by atoms with Gasteiger partial charge in [-0.05, 0) is 59.1 Å². The van der Waals surface area contributed by atoms with Gasteiger partial charge < -0.3 is 5.32 Å². The third-order valence-electron chi connectivity index (χ3n) is 4.68. The number of thioether (sulfide) groups is 1. The number of hydrogen-bond donors (Lipinski definition) is 1. The molecule has 0 radical (unpaired) electrons. The van der Waals surface area contributed by atoms with Crippen molar-refractivity contribution in [2.75, 3.05) is 19.4 Å². The largest absolute Gasteiger partial charge is 0.321 e. The summed E-state index contributed by atoms with van der Waals surface area (Å²) in [7, 11) is -0.731. The molecule has 0 spiro atoms. The van der Waals surface area contributed by atoms with Crippen molar-refractivity contribution in [1.29, 1.82) is 0 Å². The van der Waals surface area contributed by atoms with Crippen LogP contribution in [0, 0.1) is 0 Å². The highest BCUT2D eigenvalue weighted by Gasteiger charge is 2.23. The fourth-order valence-corrected chi connectivity index (χ4v) is 6.27. The molecule has 5 nitrogen and oxygen atoms in total. The molecule has 1 aliphatic rings. The molecule has 3 rings (SSSR count). The van der Waals surface area contributed by atoms with Crippen LogP contribution >= 0.6 is 27.7 Å². The van der Waals surface area contributed by atoms with Gasteiger partial charge in [0.25, 0.3) is 5.91 Å². The average molecular weight is 483 g/mol. The van der Waals surface area contributed by atoms with Crippen LogP contribution in [0.2, 0.25) is 0 Å². The number of para-hydroxylation sites is 1. The number of nitrogens with zero attached hydrogens (tertiary/aromatic N) is 1. The summed E-state index contributed by atoms with van der Waals surface area (Å²) < 4.78 is 26.5. The summed E-state index contributed by atoms with van der Waals surface area (Å²) in [5.74, 6) is -0.331. The summed E-state index contributed by atoms with van der Waals surface area (Å²) in [6, 6.07) is 12.4. The van der Waals surface area contributed by atoms with E-state index in [1.165, 1.54) is 45.8 Å². The lowest BCUT2D eigenvalue weighted by atomic mass is 10.2. The van der Waals surface area contributed by atoms with E-state index in [0.29, 0.717) is 15.3 Å². The summed E-state index contributed by atoms with van der Waals surface area (Å²) in [5, 5.41) is 3.53. The van der Waals surface area contributed by atoms with Crippen LogP contribution < -0.4 is 5.32 Å². The number of anilines is 1. The van der Waals surface area contributed by atoms with Crippen LogP contribution in [0.4, 0.5) is 5.69 Å². The van der Waals surface area contributed by atoms with Crippen LogP contribution in [0.25, 0.3) is 0 Å². The average Bonchev–Trinajstić information content (AvgIpc) is 3.16. The standard InChI is InChI=1S/C20H23BrN2O3S2/c1-23(2)28(25,26)19-13-14(11-12-16(19)21)20(24)22-17-9-5-6-10-18(17)27-15-7-3-4-8-15/h5-6,9-13,15H,3-4,7-8H2,1-2H3,(H,22,24). The molecule has 0 aromatic heterocycles. The maximum Gasteiger partial charge on any atom is 0.255 e. The van der Waals surface area contributed by atoms with Crippen molar-refractivity contribution in [3.8, 4) is 0 Å². The van der Waals surface area contributed by atoms with Gasteiger partial charge in [0.2, 0.25) is 10.0 Å². The van der Waals surface area contributed by atoms with E-state index in [2.05, 4.69) is 21.2 Å². The Morgan fingerprint density at radius 2 is 1.82 bits per heavy atom. The van der Waals surface area contributed by atoms with Gasteiger partial charge in [-0.15, -0.1) is 11.8 Å². The SMILES string of the molecule is CN(C)S(=O)(=O)c1cc(C(=O)Nc2ccccc2SC2CCCC2)ccc1Br. The third-order valence-corrected chi connectivity index (χ3v) is 8.91. The topological polar surface area (TPSA) is 66.5 Å². The van der Waals surface area contributed by atoms with Crippen LogP contribution in [0.5, 0.6) is 0 Å². The molecule has 0 aliphatic heterocycles. The van der Waals surface area contributed by atoms with Crippen molar-refractivity contribution in [1.82, 2.24) is 4.31 Å². The van der Waals surface area contributed by atoms with Crippen LogP contribution in [0.15, 0.2) is 56.7 Å². The number of halogens is 1. The Balaban J connectivity index is 1.84. The van der Waals surface area contributed by atoms with Crippen molar-refractivity contribution in [3.05, 3.63) is 52.5 Å². The predicted octanol–water partition coefficient (Wildman–Crippen LogP) is 4.99. The lowest BCUT2D eigenvalue weighted by molar-refractivity contribution is 0.102. The molecule has 1 fully saturated rings. The molecule has 0 atom stereocenters. The van der Waals surface area contributed by atoms with Gasteiger partial charge >= 0.3 is 0 Å². The van der Waals surface area contributed by atoms with E-state index in [9.17, 15) is 13.2 Å². The lowest BCUT2D eigenvalue weighted by Gasteiger charge is -2.16. The molecule has 0 unspecified atom stereocenters. The van der Waals surface area contributed by atoms with Crippen molar-refractivity contribution in [2.24, 2.45) is 0 Å². The molecular formula is C20H23BrN2O3S2. The molecular weight excluding hydrogens is 460 g/mol. The first-order valence-corrected chi connectivity index (χ1v) is 12.2. The number of nitrogens with one attached hydrogen (secondary N) is 1. The third kappa shape index (κ3) is 4.79. The van der Waals surface area contributed by atoms with Gasteiger partial charge in [-0.25, -0.2) is 12.7 Å². The Hall–Kier alpha value is -1.35. The molecule has 0 bridgehead atoms. The molecule has 1 amide bonds. The minimum absolute atomic E-state index is 0.0683. The highest BCUT2D eigenvalue weighted by Crippen LogP contribution is 2.38. The summed E-state index contributed by atoms with van der Waals surface area (Å²) >= 11 is 5.07. The Morgan fingerprint density at radius 1 is 1.14 bits per heavy atom. The second kappa shape index (κ2) is 8.98. The van der Waals surface area contributed by atoms with Crippen molar-refractivity contribution >= 4 is 49.3 Å². The quantitative estimate of drug-likeness (QED) is 0.629. The smallest absolute Gasteiger partial charge is 0.255 e. The fraction of sp³-hybridized carbons (Fsp3) is 0.350. The van der Waals surface area contributed by atoms with E-state index in [1.807, 2.05) is 24.3 Å². The molecule has 150 valence electrons. The van der Waals surface area contributed by atoms with E-state index in [1.54, 1.807) is 23.9 Å². The van der Waals surface area contributed by atoms with Crippen molar-refractivity contribution in [3.63, 3.8) is 0 Å². The van der Waals surface area contributed by atoms with Gasteiger partial charge in [0, 0.05) is 34.3 Å². The number of rotatable bonds is 6. The second-order valence-electron chi connectivity index (χ2n) is 6.91. The predicted molar refractivity (Wildman–Crippen MR) is 118 cm³/mol. The van der Waals surface area contributed by atoms with Crippen LogP contribution in [0.3, 0.4) is 0 Å². The van der Waals surface area contributed by atoms with E-state index < -0.39 is 10.0 Å². The van der Waals surface area contributed by atoms with Crippen LogP contribution in [-0.4, -0.2) is 38.0 Å². The Bertz CT molecular complexity index is 971. The molecule has 28 heavy (non-hydrogen) atoms. The highest BCUT2D eigenvalue weighted by atomic mass is 79.9. The van der Waals surface area contributed by atoms with Gasteiger partial charge in [-0.1, -0.05) is 25.0 Å². The zero-order valence-corrected chi connectivity index (χ0v) is 19.0. The number of carbonyl (C=O) groups is 1. The normalized spacial score (nSPS) is 15.1. The Morgan fingerprint density at radius 3 is 2.50 bits per heavy atom. The number of amides is 1. The zero-order chi connectivity index (χ0) is 20.3. The fourth-order valence-electron chi connectivity index (χ4n) is 3.09. The van der Waals surface area contributed by atoms with Crippen LogP contribution in [0.1, 0.15) is 36.0 Å². The molecule has 2 aromatic rings. The molecule has 8 heteroatoms. The van der Waals surface area contributed by atoms with Gasteiger partial charge in [0.05, 0.1) is 10.6 Å². The second-order valence-corrected chi connectivity index (χ2v) is 11.2. The molecule has 2 aromatic carbocycles. The molecule has 1 saturated carbocycles. The Labute approximate surface area is 179 Å². The van der Waals surface area contributed by atoms with Gasteiger partial charge in [-0.3, -0.25) is 4.79 Å². The first kappa shape index (κ1) is 21.4. The Kier molecular flexibility index (Phi) is 6.85. The summed E-state index contributed by atoms with van der Waals surface area (Å²) in [4.78, 5) is 13.9. The number of carbonyl (C=O) groups excluding carboxylic acids is 1. The first-order valence-electron chi connectivity index (χ1n) is 9.08.